The fraction of sp³-hybridized carbons (Fsp3) is 0.478. The van der Waals surface area contributed by atoms with Gasteiger partial charge in [-0.1, -0.05) is 24.3 Å². The molecule has 2 aromatic carbocycles. The quantitative estimate of drug-likeness (QED) is 0.823. The molecule has 4 rings (SSSR count). The molecule has 0 aromatic heterocycles. The monoisotopic (exact) mass is 366 g/mol. The third kappa shape index (κ3) is 4.63. The lowest BCUT2D eigenvalue weighted by molar-refractivity contribution is 0.221. The van der Waals surface area contributed by atoms with Crippen molar-refractivity contribution in [1.82, 2.24) is 10.6 Å². The van der Waals surface area contributed by atoms with Gasteiger partial charge in [0.1, 0.15) is 23.7 Å². The summed E-state index contributed by atoms with van der Waals surface area (Å²) in [4.78, 5) is 0. The van der Waals surface area contributed by atoms with Crippen LogP contribution in [0.15, 0.2) is 36.4 Å². The molecule has 27 heavy (non-hydrogen) atoms. The highest BCUT2D eigenvalue weighted by Crippen LogP contribution is 2.26. The lowest BCUT2D eigenvalue weighted by atomic mass is 10.0. The van der Waals surface area contributed by atoms with Gasteiger partial charge in [0.25, 0.3) is 0 Å². The van der Waals surface area contributed by atoms with Crippen molar-refractivity contribution in [2.45, 2.75) is 45.3 Å². The third-order valence-corrected chi connectivity index (χ3v) is 5.50. The zero-order valence-electron chi connectivity index (χ0n) is 16.4. The average molecular weight is 367 g/mol. The molecule has 4 heteroatoms. The number of rotatable bonds is 6. The highest BCUT2D eigenvalue weighted by molar-refractivity contribution is 5.41. The highest BCUT2D eigenvalue weighted by Gasteiger charge is 2.18. The number of nitrogens with one attached hydrogen (secondary N) is 2. The normalized spacial score (nSPS) is 22.1. The van der Waals surface area contributed by atoms with Crippen molar-refractivity contribution in [3.8, 4) is 11.5 Å². The van der Waals surface area contributed by atoms with E-state index in [0.717, 1.165) is 56.9 Å². The van der Waals surface area contributed by atoms with E-state index in [-0.39, 0.29) is 0 Å². The fourth-order valence-electron chi connectivity index (χ4n) is 3.96. The van der Waals surface area contributed by atoms with Gasteiger partial charge in [-0.05, 0) is 80.6 Å². The Kier molecular flexibility index (Phi) is 5.65. The Morgan fingerprint density at radius 2 is 1.26 bits per heavy atom. The second kappa shape index (κ2) is 8.32. The summed E-state index contributed by atoms with van der Waals surface area (Å²) in [5.41, 5.74) is 5.06. The molecule has 2 N–H and O–H groups in total. The molecular weight excluding hydrogens is 336 g/mol. The molecule has 144 valence electrons. The van der Waals surface area contributed by atoms with E-state index in [2.05, 4.69) is 60.9 Å². The van der Waals surface area contributed by atoms with Crippen LogP contribution >= 0.6 is 0 Å². The molecule has 0 aliphatic carbocycles. The molecule has 2 atom stereocenters. The lowest BCUT2D eigenvalue weighted by Crippen LogP contribution is -2.20. The van der Waals surface area contributed by atoms with Crippen LogP contribution in [0.5, 0.6) is 11.5 Å². The molecule has 0 saturated carbocycles. The van der Waals surface area contributed by atoms with Crippen LogP contribution in [-0.4, -0.2) is 38.4 Å². The molecule has 0 spiro atoms. The van der Waals surface area contributed by atoms with Crippen molar-refractivity contribution in [2.75, 3.05) is 26.2 Å². The summed E-state index contributed by atoms with van der Waals surface area (Å²) in [5, 5.41) is 6.70. The number of ether oxygens (including phenoxy) is 2. The van der Waals surface area contributed by atoms with Crippen molar-refractivity contribution in [3.05, 3.63) is 58.7 Å². The van der Waals surface area contributed by atoms with E-state index in [1.807, 2.05) is 0 Å². The minimum atomic E-state index is 0.305. The van der Waals surface area contributed by atoms with Crippen LogP contribution in [0.2, 0.25) is 0 Å². The summed E-state index contributed by atoms with van der Waals surface area (Å²) in [6.45, 7) is 8.28. The van der Waals surface area contributed by atoms with E-state index in [4.69, 9.17) is 9.47 Å². The Labute approximate surface area is 162 Å². The molecule has 0 amide bonds. The Bertz CT molecular complexity index is 712. The van der Waals surface area contributed by atoms with Gasteiger partial charge in [-0.2, -0.15) is 0 Å². The van der Waals surface area contributed by atoms with Crippen molar-refractivity contribution in [3.63, 3.8) is 0 Å². The van der Waals surface area contributed by atoms with E-state index < -0.39 is 0 Å². The highest BCUT2D eigenvalue weighted by atomic mass is 16.5. The maximum Gasteiger partial charge on any atom is 0.122 e. The van der Waals surface area contributed by atoms with Crippen LogP contribution in [0.4, 0.5) is 0 Å². The first-order valence-electron chi connectivity index (χ1n) is 10.1. The molecule has 2 heterocycles. The topological polar surface area (TPSA) is 42.5 Å². The number of aryl methyl sites for hydroxylation is 2. The van der Waals surface area contributed by atoms with E-state index in [1.54, 1.807) is 0 Å². The third-order valence-electron chi connectivity index (χ3n) is 5.50. The predicted molar refractivity (Wildman–Crippen MR) is 109 cm³/mol. The molecule has 0 bridgehead atoms. The van der Waals surface area contributed by atoms with Gasteiger partial charge in [-0.25, -0.2) is 0 Å². The lowest BCUT2D eigenvalue weighted by Gasteiger charge is -2.16. The molecule has 2 saturated heterocycles. The minimum absolute atomic E-state index is 0.305. The van der Waals surface area contributed by atoms with Gasteiger partial charge in [-0.15, -0.1) is 0 Å². The van der Waals surface area contributed by atoms with Crippen LogP contribution in [0.1, 0.15) is 35.1 Å². The van der Waals surface area contributed by atoms with E-state index in [1.165, 1.54) is 22.3 Å². The Morgan fingerprint density at radius 1 is 0.778 bits per heavy atom. The summed E-state index contributed by atoms with van der Waals surface area (Å²) in [6, 6.07) is 13.1. The van der Waals surface area contributed by atoms with Gasteiger partial charge in [0, 0.05) is 13.1 Å². The number of benzene rings is 2. The molecule has 2 aromatic rings. The molecule has 4 nitrogen and oxygen atoms in total. The maximum absolute atomic E-state index is 6.13. The van der Waals surface area contributed by atoms with Crippen molar-refractivity contribution >= 4 is 0 Å². The molecule has 0 radical (unpaired) electrons. The molecule has 2 unspecified atom stereocenters. The standard InChI is InChI=1S/C23H30N2O2/c1-16-11-18(3-5-22(16)26-20-7-9-24-14-20)13-19-4-6-23(17(2)12-19)27-21-8-10-25-15-21/h3-6,11-12,20-21,24-25H,7-10,13-15H2,1-2H3. The zero-order chi connectivity index (χ0) is 18.6. The largest absolute Gasteiger partial charge is 0.489 e. The van der Waals surface area contributed by atoms with E-state index in [0.29, 0.717) is 12.2 Å². The van der Waals surface area contributed by atoms with Gasteiger partial charge in [0.2, 0.25) is 0 Å². The second-order valence-corrected chi connectivity index (χ2v) is 7.84. The zero-order valence-corrected chi connectivity index (χ0v) is 16.4. The average Bonchev–Trinajstić information content (AvgIpc) is 3.34. The summed E-state index contributed by atoms with van der Waals surface area (Å²) in [5.74, 6) is 2.02. The summed E-state index contributed by atoms with van der Waals surface area (Å²) in [7, 11) is 0. The number of hydrogen-bond acceptors (Lipinski definition) is 4. The summed E-state index contributed by atoms with van der Waals surface area (Å²) in [6.07, 6.45) is 3.72. The maximum atomic E-state index is 6.13. The van der Waals surface area contributed by atoms with E-state index >= 15 is 0 Å². The Hall–Kier alpha value is -2.04. The first-order valence-corrected chi connectivity index (χ1v) is 10.1. The van der Waals surface area contributed by atoms with Crippen molar-refractivity contribution in [1.29, 1.82) is 0 Å². The van der Waals surface area contributed by atoms with Crippen LogP contribution in [0, 0.1) is 13.8 Å². The fourth-order valence-corrected chi connectivity index (χ4v) is 3.96. The van der Waals surface area contributed by atoms with Crippen LogP contribution < -0.4 is 20.1 Å². The van der Waals surface area contributed by atoms with Crippen LogP contribution in [0.3, 0.4) is 0 Å². The molecule has 2 aliphatic heterocycles. The molecule has 2 fully saturated rings. The second-order valence-electron chi connectivity index (χ2n) is 7.84. The van der Waals surface area contributed by atoms with Crippen LogP contribution in [0.25, 0.3) is 0 Å². The number of hydrogen-bond donors (Lipinski definition) is 2. The van der Waals surface area contributed by atoms with Crippen LogP contribution in [-0.2, 0) is 6.42 Å². The SMILES string of the molecule is Cc1cc(Cc2ccc(OC3CCNC3)c(C)c2)ccc1OC1CCNC1. The predicted octanol–water partition coefficient (Wildman–Crippen LogP) is 3.38. The molecule has 2 aliphatic rings. The smallest absolute Gasteiger partial charge is 0.122 e. The Morgan fingerprint density at radius 3 is 1.63 bits per heavy atom. The summed E-state index contributed by atoms with van der Waals surface area (Å²) < 4.78 is 12.3. The Balaban J connectivity index is 1.40. The van der Waals surface area contributed by atoms with Gasteiger partial charge >= 0.3 is 0 Å². The minimum Gasteiger partial charge on any atom is -0.489 e. The van der Waals surface area contributed by atoms with Gasteiger partial charge in [0.05, 0.1) is 0 Å². The van der Waals surface area contributed by atoms with Crippen molar-refractivity contribution in [2.24, 2.45) is 0 Å². The van der Waals surface area contributed by atoms with Crippen molar-refractivity contribution < 1.29 is 9.47 Å². The molecular formula is C23H30N2O2. The van der Waals surface area contributed by atoms with Gasteiger partial charge < -0.3 is 20.1 Å². The first-order chi connectivity index (χ1) is 13.2. The van der Waals surface area contributed by atoms with Gasteiger partial charge in [0.15, 0.2) is 0 Å². The van der Waals surface area contributed by atoms with E-state index in [9.17, 15) is 0 Å². The first kappa shape index (κ1) is 18.3. The van der Waals surface area contributed by atoms with Gasteiger partial charge in [-0.3, -0.25) is 0 Å². The summed E-state index contributed by atoms with van der Waals surface area (Å²) >= 11 is 0.